The van der Waals surface area contributed by atoms with Crippen LogP contribution in [0.4, 0.5) is 5.82 Å². The van der Waals surface area contributed by atoms with Crippen molar-refractivity contribution in [1.29, 1.82) is 5.26 Å². The van der Waals surface area contributed by atoms with Gasteiger partial charge in [-0.2, -0.15) is 10.4 Å². The van der Waals surface area contributed by atoms with Crippen molar-refractivity contribution in [3.63, 3.8) is 0 Å². The summed E-state index contributed by atoms with van der Waals surface area (Å²) in [5.41, 5.74) is 3.74. The minimum absolute atomic E-state index is 0.0918. The van der Waals surface area contributed by atoms with Crippen molar-refractivity contribution in [2.24, 2.45) is 0 Å². The van der Waals surface area contributed by atoms with Gasteiger partial charge in [0.05, 0.1) is 37.2 Å². The van der Waals surface area contributed by atoms with Gasteiger partial charge in [0.2, 0.25) is 0 Å². The summed E-state index contributed by atoms with van der Waals surface area (Å²) >= 11 is 0. The van der Waals surface area contributed by atoms with E-state index in [0.717, 1.165) is 59.7 Å². The Bertz CT molecular complexity index is 1490. The van der Waals surface area contributed by atoms with Gasteiger partial charge in [0.1, 0.15) is 35.2 Å². The standard InChI is InChI=1S/C29H27N5O3/c1-4-20-12-24(35-3)14-25(13-20)37-23-8-10-33(11-9-23)28-7-6-21(17-31-28)27-15-26(36-5-2)19-34-29(27)22(16-30)18-32-34/h1,6-7,12-15,17-19,23H,5,8-11H2,2-3H3. The average molecular weight is 494 g/mol. The summed E-state index contributed by atoms with van der Waals surface area (Å²) in [6.07, 6.45) is 12.6. The van der Waals surface area contributed by atoms with E-state index in [9.17, 15) is 5.26 Å². The van der Waals surface area contributed by atoms with Gasteiger partial charge in [-0.25, -0.2) is 9.50 Å². The largest absolute Gasteiger partial charge is 0.497 e. The van der Waals surface area contributed by atoms with Gasteiger partial charge >= 0.3 is 0 Å². The molecule has 1 aromatic carbocycles. The van der Waals surface area contributed by atoms with Gasteiger partial charge in [0.25, 0.3) is 0 Å². The first-order valence-corrected chi connectivity index (χ1v) is 12.2. The second-order valence-corrected chi connectivity index (χ2v) is 8.74. The minimum atomic E-state index is 0.0918. The number of hydrogen-bond donors (Lipinski definition) is 0. The van der Waals surface area contributed by atoms with Crippen molar-refractivity contribution >= 4 is 11.3 Å². The number of nitriles is 1. The molecule has 5 rings (SSSR count). The summed E-state index contributed by atoms with van der Waals surface area (Å²) in [5.74, 6) is 5.66. The number of rotatable bonds is 7. The van der Waals surface area contributed by atoms with Gasteiger partial charge in [-0.05, 0) is 37.3 Å². The van der Waals surface area contributed by atoms with E-state index in [0.29, 0.717) is 23.7 Å². The first-order chi connectivity index (χ1) is 18.1. The zero-order valence-corrected chi connectivity index (χ0v) is 20.8. The smallest absolute Gasteiger partial charge is 0.138 e. The number of hydrogen-bond acceptors (Lipinski definition) is 7. The van der Waals surface area contributed by atoms with Crippen molar-refractivity contribution in [1.82, 2.24) is 14.6 Å². The minimum Gasteiger partial charge on any atom is -0.497 e. The van der Waals surface area contributed by atoms with Crippen LogP contribution in [0.3, 0.4) is 0 Å². The van der Waals surface area contributed by atoms with Gasteiger partial charge in [-0.3, -0.25) is 0 Å². The topological polar surface area (TPSA) is 84.9 Å². The van der Waals surface area contributed by atoms with Crippen molar-refractivity contribution < 1.29 is 14.2 Å². The highest BCUT2D eigenvalue weighted by atomic mass is 16.5. The van der Waals surface area contributed by atoms with Crippen LogP contribution in [0.5, 0.6) is 17.2 Å². The molecule has 0 radical (unpaired) electrons. The molecule has 0 unspecified atom stereocenters. The van der Waals surface area contributed by atoms with Gasteiger partial charge < -0.3 is 19.1 Å². The molecule has 1 fully saturated rings. The van der Waals surface area contributed by atoms with E-state index in [4.69, 9.17) is 25.6 Å². The number of terminal acetylenes is 1. The summed E-state index contributed by atoms with van der Waals surface area (Å²) in [7, 11) is 1.62. The van der Waals surface area contributed by atoms with Gasteiger partial charge in [-0.15, -0.1) is 6.42 Å². The maximum Gasteiger partial charge on any atom is 0.138 e. The third-order valence-electron chi connectivity index (χ3n) is 6.43. The molecule has 1 aliphatic heterocycles. The molecule has 0 atom stereocenters. The van der Waals surface area contributed by atoms with Gasteiger partial charge in [-0.1, -0.05) is 5.92 Å². The third-order valence-corrected chi connectivity index (χ3v) is 6.43. The first-order valence-electron chi connectivity index (χ1n) is 12.2. The lowest BCUT2D eigenvalue weighted by atomic mass is 10.0. The number of benzene rings is 1. The average Bonchev–Trinajstić information content (AvgIpc) is 3.36. The maximum atomic E-state index is 9.57. The van der Waals surface area contributed by atoms with E-state index in [-0.39, 0.29) is 6.10 Å². The Morgan fingerprint density at radius 1 is 1.08 bits per heavy atom. The van der Waals surface area contributed by atoms with E-state index in [2.05, 4.69) is 22.0 Å². The molecule has 3 aromatic heterocycles. The molecular weight excluding hydrogens is 466 g/mol. The summed E-state index contributed by atoms with van der Waals surface area (Å²) in [5, 5.41) is 13.9. The second kappa shape index (κ2) is 10.5. The number of anilines is 1. The first kappa shape index (κ1) is 24.0. The molecule has 0 N–H and O–H groups in total. The fourth-order valence-corrected chi connectivity index (χ4v) is 4.61. The van der Waals surface area contributed by atoms with Crippen LogP contribution in [-0.4, -0.2) is 47.5 Å². The van der Waals surface area contributed by atoms with E-state index in [1.165, 1.54) is 0 Å². The lowest BCUT2D eigenvalue weighted by Gasteiger charge is -2.33. The predicted octanol–water partition coefficient (Wildman–Crippen LogP) is 4.70. The van der Waals surface area contributed by atoms with Crippen LogP contribution in [0.15, 0.2) is 55.0 Å². The Morgan fingerprint density at radius 2 is 1.89 bits per heavy atom. The monoisotopic (exact) mass is 493 g/mol. The zero-order chi connectivity index (χ0) is 25.8. The van der Waals surface area contributed by atoms with Crippen LogP contribution in [0.1, 0.15) is 30.9 Å². The molecular formula is C29H27N5O3. The highest BCUT2D eigenvalue weighted by Crippen LogP contribution is 2.32. The number of nitrogens with zero attached hydrogens (tertiary/aromatic N) is 5. The molecule has 8 heteroatoms. The highest BCUT2D eigenvalue weighted by Gasteiger charge is 2.22. The summed E-state index contributed by atoms with van der Waals surface area (Å²) < 4.78 is 19.0. The fourth-order valence-electron chi connectivity index (χ4n) is 4.61. The molecule has 1 saturated heterocycles. The summed E-state index contributed by atoms with van der Waals surface area (Å²) in [6.45, 7) is 4.13. The lowest BCUT2D eigenvalue weighted by molar-refractivity contribution is 0.170. The molecule has 0 aliphatic carbocycles. The SMILES string of the molecule is C#Cc1cc(OC)cc(OC2CCN(c3ccc(-c4cc(OCC)cn5ncc(C#N)c45)cn3)CC2)c1. The summed E-state index contributed by atoms with van der Waals surface area (Å²) in [4.78, 5) is 7.01. The lowest BCUT2D eigenvalue weighted by Crippen LogP contribution is -2.38. The number of methoxy groups -OCH3 is 1. The number of aromatic nitrogens is 3. The molecule has 4 aromatic rings. The van der Waals surface area contributed by atoms with Crippen LogP contribution < -0.4 is 19.1 Å². The van der Waals surface area contributed by atoms with Crippen LogP contribution in [0.25, 0.3) is 16.6 Å². The van der Waals surface area contributed by atoms with Crippen molar-refractivity contribution in [2.45, 2.75) is 25.9 Å². The number of fused-ring (bicyclic) bond motifs is 1. The Hall–Kier alpha value is -4.69. The van der Waals surface area contributed by atoms with E-state index >= 15 is 0 Å². The molecule has 37 heavy (non-hydrogen) atoms. The maximum absolute atomic E-state index is 9.57. The highest BCUT2D eigenvalue weighted by molar-refractivity contribution is 5.85. The second-order valence-electron chi connectivity index (χ2n) is 8.74. The Kier molecular flexibility index (Phi) is 6.83. The number of piperidine rings is 1. The molecule has 186 valence electrons. The molecule has 4 heterocycles. The zero-order valence-electron chi connectivity index (χ0n) is 20.8. The van der Waals surface area contributed by atoms with E-state index in [1.807, 2.05) is 49.5 Å². The van der Waals surface area contributed by atoms with Crippen LogP contribution >= 0.6 is 0 Å². The van der Waals surface area contributed by atoms with Crippen LogP contribution in [0.2, 0.25) is 0 Å². The number of ether oxygens (including phenoxy) is 3. The quantitative estimate of drug-likeness (QED) is 0.345. The van der Waals surface area contributed by atoms with Crippen molar-refractivity contribution in [3.8, 4) is 46.8 Å². The molecule has 0 bridgehead atoms. The molecule has 8 nitrogen and oxygen atoms in total. The van der Waals surface area contributed by atoms with Gasteiger partial charge in [0, 0.05) is 54.9 Å². The Morgan fingerprint density at radius 3 is 2.57 bits per heavy atom. The predicted molar refractivity (Wildman–Crippen MR) is 141 cm³/mol. The Balaban J connectivity index is 1.30. The fraction of sp³-hybridized carbons (Fsp3) is 0.276. The summed E-state index contributed by atoms with van der Waals surface area (Å²) in [6, 6.07) is 13.8. The van der Waals surface area contributed by atoms with E-state index < -0.39 is 0 Å². The van der Waals surface area contributed by atoms with Crippen molar-refractivity contribution in [3.05, 3.63) is 66.1 Å². The van der Waals surface area contributed by atoms with Crippen LogP contribution in [-0.2, 0) is 0 Å². The van der Waals surface area contributed by atoms with E-state index in [1.54, 1.807) is 24.0 Å². The normalized spacial score (nSPS) is 13.7. The molecule has 0 amide bonds. The van der Waals surface area contributed by atoms with Crippen molar-refractivity contribution in [2.75, 3.05) is 31.7 Å². The Labute approximate surface area is 216 Å². The molecule has 1 aliphatic rings. The number of pyridine rings is 2. The molecule has 0 saturated carbocycles. The van der Waals surface area contributed by atoms with Crippen LogP contribution in [0, 0.1) is 23.7 Å². The third kappa shape index (κ3) is 5.00. The van der Waals surface area contributed by atoms with Gasteiger partial charge in [0.15, 0.2) is 0 Å². The molecule has 0 spiro atoms.